The lowest BCUT2D eigenvalue weighted by molar-refractivity contribution is 0.0923. The standard InChI is InChI=1S/C19H22N2O4/c1-11(2)17(13-5-7-15-16(10-13)25-9-8-24-15)21-19(23)14-6-4-12(3)20-18(14)22/h4-7,10-11,17H,8-9H2,1-3H3,(H,20,22)(H,21,23)/t17-/m0/s1. The van der Waals surface area contributed by atoms with Gasteiger partial charge in [0, 0.05) is 5.69 Å². The maximum Gasteiger partial charge on any atom is 0.260 e. The van der Waals surface area contributed by atoms with Gasteiger partial charge in [0.1, 0.15) is 18.8 Å². The van der Waals surface area contributed by atoms with Gasteiger partial charge >= 0.3 is 0 Å². The molecular formula is C19H22N2O4. The fraction of sp³-hybridized carbons (Fsp3) is 0.368. The highest BCUT2D eigenvalue weighted by atomic mass is 16.6. The van der Waals surface area contributed by atoms with Crippen molar-refractivity contribution in [3.05, 3.63) is 57.5 Å². The number of nitrogens with one attached hydrogen (secondary N) is 2. The van der Waals surface area contributed by atoms with Crippen LogP contribution in [-0.4, -0.2) is 24.1 Å². The maximum atomic E-state index is 12.6. The highest BCUT2D eigenvalue weighted by molar-refractivity contribution is 5.94. The van der Waals surface area contributed by atoms with E-state index in [1.54, 1.807) is 19.1 Å². The predicted molar refractivity (Wildman–Crippen MR) is 94.3 cm³/mol. The van der Waals surface area contributed by atoms with Crippen LogP contribution in [0.2, 0.25) is 0 Å². The molecule has 0 saturated carbocycles. The van der Waals surface area contributed by atoms with Crippen LogP contribution >= 0.6 is 0 Å². The Bertz CT molecular complexity index is 842. The van der Waals surface area contributed by atoms with Crippen molar-refractivity contribution in [1.29, 1.82) is 0 Å². The summed E-state index contributed by atoms with van der Waals surface area (Å²) in [6, 6.07) is 8.67. The molecule has 0 spiro atoms. The number of benzene rings is 1. The van der Waals surface area contributed by atoms with E-state index >= 15 is 0 Å². The first-order valence-electron chi connectivity index (χ1n) is 8.36. The number of H-pyrrole nitrogens is 1. The molecule has 2 aromatic rings. The van der Waals surface area contributed by atoms with Crippen molar-refractivity contribution in [1.82, 2.24) is 10.3 Å². The van der Waals surface area contributed by atoms with Crippen molar-refractivity contribution in [2.45, 2.75) is 26.8 Å². The van der Waals surface area contributed by atoms with Gasteiger partial charge in [-0.2, -0.15) is 0 Å². The van der Waals surface area contributed by atoms with E-state index in [2.05, 4.69) is 10.3 Å². The van der Waals surface area contributed by atoms with E-state index in [1.165, 1.54) is 0 Å². The third-order valence-electron chi connectivity index (χ3n) is 4.18. The summed E-state index contributed by atoms with van der Waals surface area (Å²) >= 11 is 0. The highest BCUT2D eigenvalue weighted by Gasteiger charge is 2.23. The number of hydrogen-bond donors (Lipinski definition) is 2. The molecule has 1 amide bonds. The molecule has 0 aliphatic carbocycles. The van der Waals surface area contributed by atoms with Crippen molar-refractivity contribution in [3.8, 4) is 11.5 Å². The Balaban J connectivity index is 1.86. The van der Waals surface area contributed by atoms with Crippen LogP contribution in [-0.2, 0) is 0 Å². The van der Waals surface area contributed by atoms with Crippen LogP contribution in [0.1, 0.15) is 41.5 Å². The van der Waals surface area contributed by atoms with Gasteiger partial charge in [-0.05, 0) is 42.7 Å². The van der Waals surface area contributed by atoms with Gasteiger partial charge in [-0.25, -0.2) is 0 Å². The zero-order valence-electron chi connectivity index (χ0n) is 14.6. The number of fused-ring (bicyclic) bond motifs is 1. The molecule has 0 saturated heterocycles. The van der Waals surface area contributed by atoms with Crippen LogP contribution in [0.3, 0.4) is 0 Å². The van der Waals surface area contributed by atoms with Crippen LogP contribution in [0.25, 0.3) is 0 Å². The summed E-state index contributed by atoms with van der Waals surface area (Å²) in [5, 5.41) is 2.96. The van der Waals surface area contributed by atoms with Gasteiger partial charge in [-0.1, -0.05) is 19.9 Å². The largest absolute Gasteiger partial charge is 0.486 e. The van der Waals surface area contributed by atoms with Crippen molar-refractivity contribution in [2.75, 3.05) is 13.2 Å². The Morgan fingerprint density at radius 3 is 2.52 bits per heavy atom. The van der Waals surface area contributed by atoms with E-state index in [4.69, 9.17) is 9.47 Å². The third-order valence-corrected chi connectivity index (χ3v) is 4.18. The lowest BCUT2D eigenvalue weighted by atomic mass is 9.95. The smallest absolute Gasteiger partial charge is 0.260 e. The van der Waals surface area contributed by atoms with Crippen LogP contribution < -0.4 is 20.3 Å². The minimum atomic E-state index is -0.394. The summed E-state index contributed by atoms with van der Waals surface area (Å²) < 4.78 is 11.2. The average Bonchev–Trinajstić information content (AvgIpc) is 2.58. The molecule has 1 aliphatic rings. The van der Waals surface area contributed by atoms with Gasteiger partial charge < -0.3 is 19.8 Å². The normalized spacial score (nSPS) is 14.2. The van der Waals surface area contributed by atoms with Gasteiger partial charge in [0.15, 0.2) is 11.5 Å². The van der Waals surface area contributed by atoms with Gasteiger partial charge in [0.05, 0.1) is 6.04 Å². The number of hydrogen-bond acceptors (Lipinski definition) is 4. The van der Waals surface area contributed by atoms with E-state index in [1.807, 2.05) is 32.0 Å². The van der Waals surface area contributed by atoms with E-state index in [9.17, 15) is 9.59 Å². The molecule has 0 fully saturated rings. The fourth-order valence-corrected chi connectivity index (χ4v) is 2.86. The topological polar surface area (TPSA) is 80.4 Å². The molecule has 1 aliphatic heterocycles. The zero-order valence-corrected chi connectivity index (χ0v) is 14.6. The summed E-state index contributed by atoms with van der Waals surface area (Å²) in [6.07, 6.45) is 0. The number of aromatic nitrogens is 1. The molecule has 0 unspecified atom stereocenters. The molecule has 1 aromatic carbocycles. The number of amides is 1. The molecule has 1 atom stereocenters. The summed E-state index contributed by atoms with van der Waals surface area (Å²) in [5.74, 6) is 1.13. The number of rotatable bonds is 4. The van der Waals surface area contributed by atoms with Gasteiger partial charge in [0.2, 0.25) is 0 Å². The molecule has 2 N–H and O–H groups in total. The number of pyridine rings is 1. The summed E-state index contributed by atoms with van der Waals surface area (Å²) in [5.41, 5.74) is 1.35. The van der Waals surface area contributed by atoms with Gasteiger partial charge in [-0.15, -0.1) is 0 Å². The summed E-state index contributed by atoms with van der Waals surface area (Å²) in [4.78, 5) is 27.2. The Morgan fingerprint density at radius 1 is 1.12 bits per heavy atom. The summed E-state index contributed by atoms with van der Waals surface area (Å²) in [7, 11) is 0. The molecular weight excluding hydrogens is 320 g/mol. The van der Waals surface area contributed by atoms with Crippen LogP contribution in [0.15, 0.2) is 35.1 Å². The van der Waals surface area contributed by atoms with Crippen LogP contribution in [0, 0.1) is 12.8 Å². The third kappa shape index (κ3) is 3.68. The fourth-order valence-electron chi connectivity index (χ4n) is 2.86. The van der Waals surface area contributed by atoms with Crippen LogP contribution in [0.5, 0.6) is 11.5 Å². The average molecular weight is 342 g/mol. The second-order valence-corrected chi connectivity index (χ2v) is 6.48. The first kappa shape index (κ1) is 17.1. The van der Waals surface area contributed by atoms with Crippen LogP contribution in [0.4, 0.5) is 0 Å². The highest BCUT2D eigenvalue weighted by Crippen LogP contribution is 2.34. The number of aryl methyl sites for hydroxylation is 1. The van der Waals surface area contributed by atoms with Gasteiger partial charge in [0.25, 0.3) is 11.5 Å². The molecule has 2 heterocycles. The molecule has 0 bridgehead atoms. The molecule has 6 nitrogen and oxygen atoms in total. The lowest BCUT2D eigenvalue weighted by Gasteiger charge is -2.25. The predicted octanol–water partition coefficient (Wildman–Crippen LogP) is 2.58. The molecule has 3 rings (SSSR count). The second-order valence-electron chi connectivity index (χ2n) is 6.48. The minimum absolute atomic E-state index is 0.105. The Labute approximate surface area is 146 Å². The quantitative estimate of drug-likeness (QED) is 0.895. The number of ether oxygens (including phenoxy) is 2. The van der Waals surface area contributed by atoms with Crippen molar-refractivity contribution < 1.29 is 14.3 Å². The van der Waals surface area contributed by atoms with Gasteiger partial charge in [-0.3, -0.25) is 9.59 Å². The number of carbonyl (C=O) groups is 1. The van der Waals surface area contributed by atoms with E-state index in [0.29, 0.717) is 30.4 Å². The number of carbonyl (C=O) groups excluding carboxylic acids is 1. The monoisotopic (exact) mass is 342 g/mol. The Hall–Kier alpha value is -2.76. The first-order chi connectivity index (χ1) is 12.0. The molecule has 6 heteroatoms. The lowest BCUT2D eigenvalue weighted by Crippen LogP contribution is -2.35. The first-order valence-corrected chi connectivity index (χ1v) is 8.36. The molecule has 132 valence electrons. The van der Waals surface area contributed by atoms with E-state index in [0.717, 1.165) is 5.56 Å². The second kappa shape index (κ2) is 7.01. The Kier molecular flexibility index (Phi) is 4.79. The molecule has 1 aromatic heterocycles. The summed E-state index contributed by atoms with van der Waals surface area (Å²) in [6.45, 7) is 6.85. The van der Waals surface area contributed by atoms with E-state index in [-0.39, 0.29) is 23.1 Å². The van der Waals surface area contributed by atoms with E-state index < -0.39 is 5.91 Å². The molecule has 0 radical (unpaired) electrons. The number of aromatic amines is 1. The molecule has 25 heavy (non-hydrogen) atoms. The van der Waals surface area contributed by atoms with Crippen molar-refractivity contribution >= 4 is 5.91 Å². The van der Waals surface area contributed by atoms with Crippen molar-refractivity contribution in [2.24, 2.45) is 5.92 Å². The Morgan fingerprint density at radius 2 is 1.84 bits per heavy atom. The zero-order chi connectivity index (χ0) is 18.0. The van der Waals surface area contributed by atoms with Crippen molar-refractivity contribution in [3.63, 3.8) is 0 Å². The SMILES string of the molecule is Cc1ccc(C(=O)N[C@H](c2ccc3c(c2)OCCO3)C(C)C)c(=O)[nH]1. The maximum absolute atomic E-state index is 12.6. The minimum Gasteiger partial charge on any atom is -0.486 e.